The van der Waals surface area contributed by atoms with Crippen molar-refractivity contribution >= 4 is 16.9 Å². The van der Waals surface area contributed by atoms with Gasteiger partial charge in [0.1, 0.15) is 11.5 Å². The van der Waals surface area contributed by atoms with Crippen LogP contribution in [0.3, 0.4) is 0 Å². The van der Waals surface area contributed by atoms with E-state index in [1.54, 1.807) is 20.0 Å². The average molecular weight is 419 g/mol. The van der Waals surface area contributed by atoms with Crippen LogP contribution in [0.1, 0.15) is 25.3 Å². The molecular formula is C24H25N3O4. The minimum absolute atomic E-state index is 0.437. The molecule has 0 bridgehead atoms. The van der Waals surface area contributed by atoms with Crippen LogP contribution in [-0.2, 0) is 22.5 Å². The summed E-state index contributed by atoms with van der Waals surface area (Å²) >= 11 is 0. The Bertz CT molecular complexity index is 1210. The molecule has 0 fully saturated rings. The second kappa shape index (κ2) is 8.26. The number of oxazole rings is 1. The van der Waals surface area contributed by atoms with Crippen molar-refractivity contribution in [3.8, 4) is 17.2 Å². The Morgan fingerprint density at radius 1 is 1.13 bits per heavy atom. The Labute approximate surface area is 180 Å². The monoisotopic (exact) mass is 419 g/mol. The van der Waals surface area contributed by atoms with Gasteiger partial charge in [0.05, 0.1) is 29.9 Å². The molecule has 0 saturated carbocycles. The van der Waals surface area contributed by atoms with Gasteiger partial charge < -0.3 is 13.9 Å². The normalized spacial score (nSPS) is 11.6. The van der Waals surface area contributed by atoms with E-state index in [2.05, 4.69) is 10.1 Å². The Balaban J connectivity index is 1.54. The molecule has 0 saturated heterocycles. The summed E-state index contributed by atoms with van der Waals surface area (Å²) in [5.41, 5.74) is 1.68. The highest BCUT2D eigenvalue weighted by molar-refractivity contribution is 5.86. The molecule has 0 radical (unpaired) electrons. The molecule has 0 atom stereocenters. The van der Waals surface area contributed by atoms with Crippen molar-refractivity contribution in [2.75, 3.05) is 7.11 Å². The first kappa shape index (κ1) is 20.7. The van der Waals surface area contributed by atoms with E-state index in [0.29, 0.717) is 24.6 Å². The molecule has 0 spiro atoms. The Kier molecular flexibility index (Phi) is 5.50. The number of esters is 1. The summed E-state index contributed by atoms with van der Waals surface area (Å²) in [6, 6.07) is 15.5. The quantitative estimate of drug-likeness (QED) is 0.408. The molecule has 0 unspecified atom stereocenters. The molecule has 0 aliphatic carbocycles. The molecule has 4 aromatic rings. The number of hydrogen-bond acceptors (Lipinski definition) is 6. The molecule has 0 amide bonds. The van der Waals surface area contributed by atoms with E-state index in [1.807, 2.05) is 60.1 Å². The van der Waals surface area contributed by atoms with Gasteiger partial charge in [0.15, 0.2) is 5.60 Å². The van der Waals surface area contributed by atoms with E-state index in [1.165, 1.54) is 7.11 Å². The van der Waals surface area contributed by atoms with Crippen LogP contribution in [0.15, 0.2) is 59.1 Å². The van der Waals surface area contributed by atoms with Crippen LogP contribution >= 0.6 is 0 Å². The smallest absolute Gasteiger partial charge is 0.349 e. The van der Waals surface area contributed by atoms with E-state index < -0.39 is 11.6 Å². The lowest BCUT2D eigenvalue weighted by Crippen LogP contribution is -2.39. The van der Waals surface area contributed by atoms with E-state index in [0.717, 1.165) is 27.9 Å². The summed E-state index contributed by atoms with van der Waals surface area (Å²) in [7, 11) is 1.35. The summed E-state index contributed by atoms with van der Waals surface area (Å²) in [6.45, 7) is 5.92. The molecule has 160 valence electrons. The minimum Gasteiger partial charge on any atom is -0.475 e. The maximum atomic E-state index is 12.0. The van der Waals surface area contributed by atoms with Crippen molar-refractivity contribution in [3.05, 3.63) is 66.2 Å². The third kappa shape index (κ3) is 4.17. The highest BCUT2D eigenvalue weighted by Crippen LogP contribution is 2.29. The first-order chi connectivity index (χ1) is 14.9. The maximum Gasteiger partial charge on any atom is 0.349 e. The van der Waals surface area contributed by atoms with E-state index in [4.69, 9.17) is 13.9 Å². The third-order valence-electron chi connectivity index (χ3n) is 5.16. The molecule has 7 nitrogen and oxygen atoms in total. The second-order valence-corrected chi connectivity index (χ2v) is 7.80. The van der Waals surface area contributed by atoms with Crippen LogP contribution < -0.4 is 4.74 Å². The number of carbonyl (C=O) groups excluding carboxylic acids is 1. The second-order valence-electron chi connectivity index (χ2n) is 7.80. The van der Waals surface area contributed by atoms with Gasteiger partial charge in [0.25, 0.3) is 0 Å². The zero-order valence-corrected chi connectivity index (χ0v) is 18.1. The minimum atomic E-state index is -1.10. The number of rotatable bonds is 7. The number of ether oxygens (including phenoxy) is 2. The lowest BCUT2D eigenvalue weighted by atomic mass is 10.1. The fourth-order valence-corrected chi connectivity index (χ4v) is 3.48. The van der Waals surface area contributed by atoms with Crippen LogP contribution in [0.25, 0.3) is 22.4 Å². The molecule has 4 rings (SSSR count). The Hall–Kier alpha value is -3.61. The highest BCUT2D eigenvalue weighted by atomic mass is 16.6. The highest BCUT2D eigenvalue weighted by Gasteiger charge is 2.31. The fourth-order valence-electron chi connectivity index (χ4n) is 3.48. The predicted octanol–water partition coefficient (Wildman–Crippen LogP) is 4.57. The summed E-state index contributed by atoms with van der Waals surface area (Å²) < 4.78 is 18.6. The summed E-state index contributed by atoms with van der Waals surface area (Å²) in [4.78, 5) is 16.7. The maximum absolute atomic E-state index is 12.0. The number of methoxy groups -OCH3 is 1. The number of benzene rings is 2. The van der Waals surface area contributed by atoms with Crippen LogP contribution in [-0.4, -0.2) is 33.4 Å². The number of nitrogens with zero attached hydrogens (tertiary/aromatic N) is 3. The standard InChI is InChI=1S/C24H25N3O4/c1-16-19(26-22(30-16)17-9-6-5-7-10-17)13-14-27-20-11-8-12-21(18(20)15-25-27)31-24(2,3)23(28)29-4/h5-12,15H,13-14H2,1-4H3. The van der Waals surface area contributed by atoms with Gasteiger partial charge in [-0.25, -0.2) is 9.78 Å². The number of aryl methyl sites for hydroxylation is 3. The van der Waals surface area contributed by atoms with Gasteiger partial charge in [-0.05, 0) is 45.0 Å². The van der Waals surface area contributed by atoms with Gasteiger partial charge in [0.2, 0.25) is 5.89 Å². The van der Waals surface area contributed by atoms with Crippen molar-refractivity contribution in [2.24, 2.45) is 0 Å². The molecule has 2 aromatic carbocycles. The number of carbonyl (C=O) groups is 1. The van der Waals surface area contributed by atoms with Crippen molar-refractivity contribution in [1.29, 1.82) is 0 Å². The van der Waals surface area contributed by atoms with Gasteiger partial charge in [-0.2, -0.15) is 5.10 Å². The Morgan fingerprint density at radius 2 is 1.90 bits per heavy atom. The van der Waals surface area contributed by atoms with Gasteiger partial charge in [-0.3, -0.25) is 4.68 Å². The summed E-state index contributed by atoms with van der Waals surface area (Å²) in [5.74, 6) is 1.58. The molecule has 31 heavy (non-hydrogen) atoms. The summed E-state index contributed by atoms with van der Waals surface area (Å²) in [6.07, 6.45) is 2.43. The molecular weight excluding hydrogens is 394 g/mol. The molecule has 2 aromatic heterocycles. The molecule has 0 aliphatic rings. The molecule has 0 aliphatic heterocycles. The number of hydrogen-bond donors (Lipinski definition) is 0. The van der Waals surface area contributed by atoms with Crippen molar-refractivity contribution in [3.63, 3.8) is 0 Å². The van der Waals surface area contributed by atoms with Crippen LogP contribution in [0, 0.1) is 6.92 Å². The molecule has 2 heterocycles. The van der Waals surface area contributed by atoms with Gasteiger partial charge in [-0.1, -0.05) is 24.3 Å². The van der Waals surface area contributed by atoms with Gasteiger partial charge >= 0.3 is 5.97 Å². The lowest BCUT2D eigenvalue weighted by Gasteiger charge is -2.23. The zero-order valence-electron chi connectivity index (χ0n) is 18.1. The fraction of sp³-hybridized carbons (Fsp3) is 0.292. The van der Waals surface area contributed by atoms with E-state index in [9.17, 15) is 4.79 Å². The van der Waals surface area contributed by atoms with Crippen LogP contribution in [0.4, 0.5) is 0 Å². The average Bonchev–Trinajstić information content (AvgIpc) is 3.36. The molecule has 7 heteroatoms. The number of aromatic nitrogens is 3. The SMILES string of the molecule is COC(=O)C(C)(C)Oc1cccc2c1cnn2CCc1nc(-c2ccccc2)oc1C. The first-order valence-electron chi connectivity index (χ1n) is 10.1. The van der Waals surface area contributed by atoms with Crippen LogP contribution in [0.5, 0.6) is 5.75 Å². The first-order valence-corrected chi connectivity index (χ1v) is 10.1. The van der Waals surface area contributed by atoms with E-state index in [-0.39, 0.29) is 0 Å². The molecule has 0 N–H and O–H groups in total. The van der Waals surface area contributed by atoms with Crippen molar-refractivity contribution in [2.45, 2.75) is 39.3 Å². The Morgan fingerprint density at radius 3 is 2.65 bits per heavy atom. The van der Waals surface area contributed by atoms with Crippen LogP contribution in [0.2, 0.25) is 0 Å². The predicted molar refractivity (Wildman–Crippen MR) is 117 cm³/mol. The largest absolute Gasteiger partial charge is 0.475 e. The topological polar surface area (TPSA) is 79.4 Å². The van der Waals surface area contributed by atoms with Crippen molar-refractivity contribution < 1.29 is 18.7 Å². The number of fused-ring (bicyclic) bond motifs is 1. The lowest BCUT2D eigenvalue weighted by molar-refractivity contribution is -0.155. The zero-order chi connectivity index (χ0) is 22.0. The van der Waals surface area contributed by atoms with Crippen molar-refractivity contribution in [1.82, 2.24) is 14.8 Å². The third-order valence-corrected chi connectivity index (χ3v) is 5.16. The van der Waals surface area contributed by atoms with Gasteiger partial charge in [-0.15, -0.1) is 0 Å². The van der Waals surface area contributed by atoms with E-state index >= 15 is 0 Å². The summed E-state index contributed by atoms with van der Waals surface area (Å²) in [5, 5.41) is 5.36. The van der Waals surface area contributed by atoms with Gasteiger partial charge in [0, 0.05) is 18.5 Å².